The molecule has 2 unspecified atom stereocenters. The molecule has 0 spiro atoms. The number of anilines is 1. The summed E-state index contributed by atoms with van der Waals surface area (Å²) in [5.74, 6) is -1.89. The first-order chi connectivity index (χ1) is 15.6. The Kier molecular flexibility index (Phi) is 9.02. The van der Waals surface area contributed by atoms with Gasteiger partial charge in [-0.25, -0.2) is 0 Å². The van der Waals surface area contributed by atoms with Crippen molar-refractivity contribution in [3.8, 4) is 0 Å². The van der Waals surface area contributed by atoms with Crippen molar-refractivity contribution in [3.63, 3.8) is 0 Å². The third kappa shape index (κ3) is 7.06. The Labute approximate surface area is 191 Å². The highest BCUT2D eigenvalue weighted by Crippen LogP contribution is 2.34. The van der Waals surface area contributed by atoms with Gasteiger partial charge in [-0.05, 0) is 37.1 Å². The molecule has 0 aliphatic rings. The lowest BCUT2D eigenvalue weighted by molar-refractivity contribution is -0.138. The number of benzene rings is 2. The van der Waals surface area contributed by atoms with E-state index in [1.165, 1.54) is 17.0 Å². The number of carbonyl (C=O) groups is 3. The third-order valence-electron chi connectivity index (χ3n) is 5.34. The molecule has 9 heteroatoms. The highest BCUT2D eigenvalue weighted by atomic mass is 19.4. The van der Waals surface area contributed by atoms with Crippen LogP contribution in [0.2, 0.25) is 0 Å². The number of nitrogens with zero attached hydrogens (tertiary/aromatic N) is 1. The average Bonchev–Trinajstić information content (AvgIpc) is 2.80. The van der Waals surface area contributed by atoms with Crippen LogP contribution in [0.15, 0.2) is 54.6 Å². The molecule has 0 aliphatic carbocycles. The van der Waals surface area contributed by atoms with E-state index in [0.29, 0.717) is 12.0 Å². The zero-order valence-electron chi connectivity index (χ0n) is 18.8. The minimum absolute atomic E-state index is 0.140. The average molecular weight is 464 g/mol. The Hall–Kier alpha value is -3.36. The summed E-state index contributed by atoms with van der Waals surface area (Å²) in [5.41, 5.74) is -0.960. The van der Waals surface area contributed by atoms with Gasteiger partial charge in [0.1, 0.15) is 6.04 Å². The summed E-state index contributed by atoms with van der Waals surface area (Å²) >= 11 is 0. The fraction of sp³-hybridized carbons (Fsp3) is 0.375. The number of carbonyl (C=O) groups excluding carboxylic acids is 3. The maximum absolute atomic E-state index is 13.2. The second-order valence-electron chi connectivity index (χ2n) is 7.65. The van der Waals surface area contributed by atoms with Gasteiger partial charge in [0.2, 0.25) is 11.8 Å². The lowest BCUT2D eigenvalue weighted by atomic mass is 9.97. The molecule has 0 heterocycles. The summed E-state index contributed by atoms with van der Waals surface area (Å²) in [6.07, 6.45) is -4.04. The van der Waals surface area contributed by atoms with Crippen molar-refractivity contribution >= 4 is 23.4 Å². The van der Waals surface area contributed by atoms with Gasteiger partial charge in [0.15, 0.2) is 0 Å². The van der Waals surface area contributed by atoms with Crippen LogP contribution >= 0.6 is 0 Å². The normalized spacial score (nSPS) is 13.0. The summed E-state index contributed by atoms with van der Waals surface area (Å²) in [7, 11) is 0. The van der Waals surface area contributed by atoms with Crippen molar-refractivity contribution < 1.29 is 27.6 Å². The zero-order chi connectivity index (χ0) is 24.6. The number of halogens is 3. The summed E-state index contributed by atoms with van der Waals surface area (Å²) in [4.78, 5) is 39.6. The molecule has 0 aliphatic heterocycles. The van der Waals surface area contributed by atoms with Gasteiger partial charge in [0.05, 0.1) is 17.8 Å². The third-order valence-corrected chi connectivity index (χ3v) is 5.34. The molecule has 2 rings (SSSR count). The molecule has 0 bridgehead atoms. The van der Waals surface area contributed by atoms with Gasteiger partial charge in [-0.15, -0.1) is 0 Å². The van der Waals surface area contributed by atoms with Crippen LogP contribution in [0, 0.1) is 5.92 Å². The minimum Gasteiger partial charge on any atom is -0.340 e. The van der Waals surface area contributed by atoms with Crippen molar-refractivity contribution in [3.05, 3.63) is 65.7 Å². The van der Waals surface area contributed by atoms with E-state index in [9.17, 15) is 27.6 Å². The summed E-state index contributed by atoms with van der Waals surface area (Å²) in [5, 5.41) is 4.99. The molecule has 3 amide bonds. The fourth-order valence-corrected chi connectivity index (χ4v) is 3.24. The van der Waals surface area contributed by atoms with Crippen molar-refractivity contribution in [2.45, 2.75) is 39.4 Å². The summed E-state index contributed by atoms with van der Waals surface area (Å²) in [6, 6.07) is 12.2. The molecular weight excluding hydrogens is 435 g/mol. The first-order valence-electron chi connectivity index (χ1n) is 10.7. The number of alkyl halides is 3. The highest BCUT2D eigenvalue weighted by molar-refractivity contribution is 5.99. The number of rotatable bonds is 9. The predicted octanol–water partition coefficient (Wildman–Crippen LogP) is 4.34. The number of amides is 3. The largest absolute Gasteiger partial charge is 0.418 e. The second-order valence-corrected chi connectivity index (χ2v) is 7.65. The quantitative estimate of drug-likeness (QED) is 0.581. The molecule has 2 N–H and O–H groups in total. The molecule has 2 aromatic rings. The van der Waals surface area contributed by atoms with Crippen LogP contribution in [0.4, 0.5) is 18.9 Å². The molecule has 0 saturated carbocycles. The fourth-order valence-electron chi connectivity index (χ4n) is 3.24. The van der Waals surface area contributed by atoms with Crippen molar-refractivity contribution in [1.29, 1.82) is 0 Å². The van der Waals surface area contributed by atoms with E-state index in [4.69, 9.17) is 0 Å². The van der Waals surface area contributed by atoms with Gasteiger partial charge in [-0.1, -0.05) is 50.6 Å². The Morgan fingerprint density at radius 1 is 0.970 bits per heavy atom. The molecule has 6 nitrogen and oxygen atoms in total. The van der Waals surface area contributed by atoms with Gasteiger partial charge in [0.25, 0.3) is 5.91 Å². The SMILES string of the molecule is CCC(C)C(NC(=O)c1ccccc1)C(=O)N(CC)CC(=O)Nc1ccccc1C(F)(F)F. The molecule has 178 valence electrons. The lowest BCUT2D eigenvalue weighted by Gasteiger charge is -2.30. The van der Waals surface area contributed by atoms with Crippen LogP contribution in [-0.2, 0) is 15.8 Å². The molecule has 33 heavy (non-hydrogen) atoms. The Morgan fingerprint density at radius 2 is 1.58 bits per heavy atom. The maximum atomic E-state index is 13.2. The van der Waals surface area contributed by atoms with Gasteiger partial charge in [-0.2, -0.15) is 13.2 Å². The first kappa shape index (κ1) is 25.9. The monoisotopic (exact) mass is 463 g/mol. The second kappa shape index (κ2) is 11.5. The van der Waals surface area contributed by atoms with Crippen LogP contribution in [0.25, 0.3) is 0 Å². The molecule has 0 saturated heterocycles. The number of para-hydroxylation sites is 1. The predicted molar refractivity (Wildman–Crippen MR) is 119 cm³/mol. The highest BCUT2D eigenvalue weighted by Gasteiger charge is 2.34. The first-order valence-corrected chi connectivity index (χ1v) is 10.7. The summed E-state index contributed by atoms with van der Waals surface area (Å²) in [6.45, 7) is 5.02. The van der Waals surface area contributed by atoms with E-state index in [-0.39, 0.29) is 18.2 Å². The Morgan fingerprint density at radius 3 is 2.15 bits per heavy atom. The standard InChI is InChI=1S/C24H28F3N3O3/c1-4-16(3)21(29-22(32)17-11-7-6-8-12-17)23(33)30(5-2)15-20(31)28-19-14-10-9-13-18(19)24(25,26)27/h6-14,16,21H,4-5,15H2,1-3H3,(H,28,31)(H,29,32). The van der Waals surface area contributed by atoms with Gasteiger partial charge >= 0.3 is 6.18 Å². The molecule has 0 aromatic heterocycles. The molecular formula is C24H28F3N3O3. The smallest absolute Gasteiger partial charge is 0.340 e. The van der Waals surface area contributed by atoms with E-state index >= 15 is 0 Å². The number of likely N-dealkylation sites (N-methyl/N-ethyl adjacent to an activating group) is 1. The molecule has 2 atom stereocenters. The van der Waals surface area contributed by atoms with Crippen LogP contribution in [0.5, 0.6) is 0 Å². The Bertz CT molecular complexity index is 964. The van der Waals surface area contributed by atoms with Crippen LogP contribution < -0.4 is 10.6 Å². The van der Waals surface area contributed by atoms with Crippen LogP contribution in [0.3, 0.4) is 0 Å². The van der Waals surface area contributed by atoms with Crippen LogP contribution in [-0.4, -0.2) is 41.8 Å². The molecule has 2 aromatic carbocycles. The summed E-state index contributed by atoms with van der Waals surface area (Å²) < 4.78 is 39.6. The Balaban J connectivity index is 2.15. The number of hydrogen-bond donors (Lipinski definition) is 2. The van der Waals surface area contributed by atoms with E-state index in [1.54, 1.807) is 44.2 Å². The van der Waals surface area contributed by atoms with E-state index in [1.807, 2.05) is 6.92 Å². The molecule has 0 radical (unpaired) electrons. The van der Waals surface area contributed by atoms with Gasteiger partial charge in [0, 0.05) is 12.1 Å². The zero-order valence-corrected chi connectivity index (χ0v) is 18.8. The van der Waals surface area contributed by atoms with Gasteiger partial charge < -0.3 is 15.5 Å². The van der Waals surface area contributed by atoms with E-state index < -0.39 is 42.0 Å². The van der Waals surface area contributed by atoms with E-state index in [2.05, 4.69) is 10.6 Å². The minimum atomic E-state index is -4.63. The van der Waals surface area contributed by atoms with Gasteiger partial charge in [-0.3, -0.25) is 14.4 Å². The van der Waals surface area contributed by atoms with Crippen LogP contribution in [0.1, 0.15) is 43.1 Å². The van der Waals surface area contributed by atoms with E-state index in [0.717, 1.165) is 12.1 Å². The topological polar surface area (TPSA) is 78.5 Å². The number of hydrogen-bond acceptors (Lipinski definition) is 3. The number of nitrogens with one attached hydrogen (secondary N) is 2. The molecule has 0 fully saturated rings. The van der Waals surface area contributed by atoms with Crippen molar-refractivity contribution in [2.75, 3.05) is 18.4 Å². The van der Waals surface area contributed by atoms with Crippen molar-refractivity contribution in [2.24, 2.45) is 5.92 Å². The van der Waals surface area contributed by atoms with Crippen molar-refractivity contribution in [1.82, 2.24) is 10.2 Å². The lowest BCUT2D eigenvalue weighted by Crippen LogP contribution is -2.53. The maximum Gasteiger partial charge on any atom is 0.418 e.